The van der Waals surface area contributed by atoms with Gasteiger partial charge in [-0.05, 0) is 61.1 Å². The van der Waals surface area contributed by atoms with Crippen molar-refractivity contribution in [3.05, 3.63) is 80.6 Å². The first-order valence-electron chi connectivity index (χ1n) is 42.6. The summed E-state index contributed by atoms with van der Waals surface area (Å²) in [6, 6.07) is 6.11. The van der Waals surface area contributed by atoms with Crippen molar-refractivity contribution in [2.45, 2.75) is 400 Å². The predicted molar refractivity (Wildman–Crippen MR) is 418 cm³/mol. The van der Waals surface area contributed by atoms with Gasteiger partial charge in [-0.15, -0.1) is 0 Å². The maximum Gasteiger partial charge on any atom is 0.995 e. The zero-order chi connectivity index (χ0) is 72.8. The smallest absolute Gasteiger partial charge is 0.568 e. The number of nitrogens with zero attached hydrogens (tertiary/aromatic N) is 2. The summed E-state index contributed by atoms with van der Waals surface area (Å²) < 4.78 is 66.3. The highest BCUT2D eigenvalue weighted by Crippen LogP contribution is 2.34. The fraction of sp³-hybridized carbons (Fsp3) is 0.759. The van der Waals surface area contributed by atoms with Crippen LogP contribution in [0.1, 0.15) is 451 Å². The maximum absolute atomic E-state index is 16.1. The third kappa shape index (κ3) is 36.7. The molecule has 0 N–H and O–H groups in total. The van der Waals surface area contributed by atoms with Gasteiger partial charge in [-0.1, -0.05) is 362 Å². The molecule has 3 aliphatic heterocycles. The van der Waals surface area contributed by atoms with Gasteiger partial charge in [0.15, 0.2) is 5.71 Å². The first-order valence-corrected chi connectivity index (χ1v) is 42.6. The molecule has 0 bridgehead atoms. The lowest BCUT2D eigenvalue weighted by atomic mass is 9.93. The zero-order valence-electron chi connectivity index (χ0n) is 65.0. The van der Waals surface area contributed by atoms with E-state index < -0.39 is 31.0 Å². The number of ether oxygens (including phenoxy) is 4. The van der Waals surface area contributed by atoms with Crippen LogP contribution in [0.3, 0.4) is 0 Å². The molecule has 0 radical (unpaired) electrons. The Labute approximate surface area is 618 Å². The molecule has 102 heavy (non-hydrogen) atoms. The standard InChI is InChI=1S/C87H141BF2N2O10/c1-5-9-13-17-21-25-29-33-37-41-45-49-53-57-61-97-84(93)76-65-72-70-91-82(74(72)67-78(76)86(95)99-63-59-55-51-47-43-39-35-31-27-23-19-15-11-7-3)80-69-81(102-88(89,90)101-80)83-75-68-79(87(96)100-64-60-56-52-48-44-40-36-32-28-24-20-16-12-8-4)77(66-73(75)71-92-83)85(94)98-62-58-54-50-46-42-38-34-30-26-22-18-14-10-6-2/h65-69H,5-64,70-71H2,1-4H3. The quantitative estimate of drug-likeness (QED) is 0.0207. The molecule has 0 aromatic heterocycles. The average Bonchev–Trinajstić information content (AvgIpc) is 1.57. The van der Waals surface area contributed by atoms with Crippen molar-refractivity contribution in [1.29, 1.82) is 0 Å². The molecule has 3 aliphatic rings. The van der Waals surface area contributed by atoms with Gasteiger partial charge < -0.3 is 36.6 Å². The van der Waals surface area contributed by atoms with Crippen LogP contribution in [0, 0.1) is 0 Å². The van der Waals surface area contributed by atoms with Gasteiger partial charge in [0, 0.05) is 11.1 Å². The summed E-state index contributed by atoms with van der Waals surface area (Å²) in [6.07, 6.45) is 68.3. The molecule has 0 aliphatic carbocycles. The van der Waals surface area contributed by atoms with Crippen LogP contribution in [0.5, 0.6) is 0 Å². The fourth-order valence-electron chi connectivity index (χ4n) is 14.5. The number of hydrogen-bond donors (Lipinski definition) is 0. The van der Waals surface area contributed by atoms with Crippen molar-refractivity contribution in [1.82, 2.24) is 0 Å². The molecular weight excluding hydrogens is 1280 g/mol. The SMILES string of the molecule is CCCCCCCCCCCCCCCCOC(=O)c1cc2c(cc1C(=O)OCCCCCCCCCCCCCCCC)C(C1=CC(C3=NCc4cc(C(=O)OCCCCCCCCCCCCCCCC)c(C(=O)OCCCCCCCCCCCCCCCC)cc43)=[O+][B-](F)(F)O1)=NC2. The maximum atomic E-state index is 16.1. The van der Waals surface area contributed by atoms with E-state index in [-0.39, 0.29) is 84.7 Å². The lowest BCUT2D eigenvalue weighted by molar-refractivity contribution is -0.361. The topological polar surface area (TPSA) is 150 Å². The number of ketones is 1. The van der Waals surface area contributed by atoms with Crippen LogP contribution in [0.4, 0.5) is 8.63 Å². The number of carbonyl (C=O) groups is 4. The van der Waals surface area contributed by atoms with E-state index in [1.165, 1.54) is 275 Å². The van der Waals surface area contributed by atoms with Crippen molar-refractivity contribution >= 4 is 48.2 Å². The van der Waals surface area contributed by atoms with E-state index >= 15 is 8.63 Å². The summed E-state index contributed by atoms with van der Waals surface area (Å²) in [5.41, 5.74) is 1.78. The molecule has 2 aromatic rings. The Bertz CT molecular complexity index is 2780. The lowest BCUT2D eigenvalue weighted by Gasteiger charge is -2.21. The Balaban J connectivity index is 1.24. The highest BCUT2D eigenvalue weighted by atomic mass is 19.3. The molecule has 0 unspecified atom stereocenters. The number of fused-ring (bicyclic) bond motifs is 2. The summed E-state index contributed by atoms with van der Waals surface area (Å²) in [6.45, 7) is 9.75. The number of halogens is 2. The van der Waals surface area contributed by atoms with E-state index in [9.17, 15) is 19.2 Å². The van der Waals surface area contributed by atoms with Crippen LogP contribution in [0.2, 0.25) is 0 Å². The molecular formula is C87H141BF2N2O10. The largest absolute Gasteiger partial charge is 0.995 e. The second kappa shape index (κ2) is 56.2. The number of hydrogen-bond acceptors (Lipinski definition) is 11. The minimum absolute atomic E-state index is 0.0145. The van der Waals surface area contributed by atoms with Gasteiger partial charge in [0.25, 0.3) is 0 Å². The van der Waals surface area contributed by atoms with Crippen LogP contribution in [0.25, 0.3) is 0 Å². The zero-order valence-corrected chi connectivity index (χ0v) is 65.0. The molecule has 15 heteroatoms. The molecule has 0 saturated heterocycles. The number of unbranched alkanes of at least 4 members (excludes halogenated alkanes) is 52. The van der Waals surface area contributed by atoms with E-state index in [4.69, 9.17) is 27.9 Å². The third-order valence-electron chi connectivity index (χ3n) is 20.9. The minimum Gasteiger partial charge on any atom is -0.568 e. The van der Waals surface area contributed by atoms with Crippen LogP contribution in [-0.2, 0) is 41.0 Å². The summed E-state index contributed by atoms with van der Waals surface area (Å²) in [7, 11) is -5.01. The molecule has 0 fully saturated rings. The summed E-state index contributed by atoms with van der Waals surface area (Å²) in [5.74, 6) is -3.38. The average molecular weight is 1420 g/mol. The third-order valence-corrected chi connectivity index (χ3v) is 20.9. The van der Waals surface area contributed by atoms with E-state index in [0.717, 1.165) is 77.0 Å². The van der Waals surface area contributed by atoms with E-state index in [2.05, 4.69) is 37.7 Å². The lowest BCUT2D eigenvalue weighted by Crippen LogP contribution is -2.38. The Morgan fingerprint density at radius 3 is 0.804 bits per heavy atom. The summed E-state index contributed by atoms with van der Waals surface area (Å²) in [4.78, 5) is 65.8. The van der Waals surface area contributed by atoms with E-state index in [0.29, 0.717) is 47.9 Å². The van der Waals surface area contributed by atoms with Crippen molar-refractivity contribution < 1.29 is 55.8 Å². The van der Waals surface area contributed by atoms with Gasteiger partial charge in [-0.3, -0.25) is 9.98 Å². The van der Waals surface area contributed by atoms with Gasteiger partial charge in [0.05, 0.1) is 67.8 Å². The second-order valence-corrected chi connectivity index (χ2v) is 30.0. The summed E-state index contributed by atoms with van der Waals surface area (Å²) in [5, 5.41) is 0. The van der Waals surface area contributed by atoms with Gasteiger partial charge in [-0.2, -0.15) is 0 Å². The normalized spacial score (nSPS) is 13.7. The molecule has 576 valence electrons. The Morgan fingerprint density at radius 2 is 0.549 bits per heavy atom. The number of allylic oxidation sites excluding steroid dienone is 2. The van der Waals surface area contributed by atoms with Gasteiger partial charge in [0.1, 0.15) is 11.5 Å². The predicted octanol–water partition coefficient (Wildman–Crippen LogP) is 25.9. The number of esters is 4. The molecule has 0 atom stereocenters. The highest BCUT2D eigenvalue weighted by molar-refractivity contribution is 6.58. The molecule has 12 nitrogen and oxygen atoms in total. The molecule has 0 spiro atoms. The highest BCUT2D eigenvalue weighted by Gasteiger charge is 2.55. The Kier molecular flexibility index (Phi) is 48.1. The summed E-state index contributed by atoms with van der Waals surface area (Å²) >= 11 is 0. The van der Waals surface area contributed by atoms with Crippen LogP contribution >= 0.6 is 0 Å². The second-order valence-electron chi connectivity index (χ2n) is 30.0. The minimum atomic E-state index is -5.01. The molecule has 2 aromatic carbocycles. The number of rotatable bonds is 66. The number of aliphatic imine (C=N–C) groups is 2. The van der Waals surface area contributed by atoms with Crippen molar-refractivity contribution in [2.24, 2.45) is 9.98 Å². The van der Waals surface area contributed by atoms with Crippen LogP contribution < -0.4 is 0 Å². The van der Waals surface area contributed by atoms with Gasteiger partial charge in [0.2, 0.25) is 0 Å². The first kappa shape index (κ1) is 87.4. The van der Waals surface area contributed by atoms with E-state index in [1.54, 1.807) is 12.1 Å². The van der Waals surface area contributed by atoms with E-state index in [1.807, 2.05) is 0 Å². The van der Waals surface area contributed by atoms with Crippen LogP contribution in [-0.4, -0.2) is 74.6 Å². The van der Waals surface area contributed by atoms with Crippen molar-refractivity contribution in [3.8, 4) is 0 Å². The van der Waals surface area contributed by atoms with Crippen molar-refractivity contribution in [2.75, 3.05) is 26.4 Å². The molecule has 0 saturated carbocycles. The molecule has 5 rings (SSSR count). The van der Waals surface area contributed by atoms with Gasteiger partial charge in [-0.25, -0.2) is 19.2 Å². The number of benzene rings is 2. The number of carbonyl (C=O) groups excluding carboxylic acids is 5. The molecule has 0 amide bonds. The first-order chi connectivity index (χ1) is 50.0. The Hall–Kier alpha value is -5.21. The van der Waals surface area contributed by atoms with Crippen LogP contribution in [0.15, 0.2) is 46.1 Å². The van der Waals surface area contributed by atoms with Crippen molar-refractivity contribution in [3.63, 3.8) is 0 Å². The monoisotopic (exact) mass is 1420 g/mol. The fourth-order valence-corrected chi connectivity index (χ4v) is 14.5. The Morgan fingerprint density at radius 1 is 0.333 bits per heavy atom. The molecule has 3 heterocycles. The van der Waals surface area contributed by atoms with Gasteiger partial charge >= 0.3 is 36.8 Å².